The third-order valence-electron chi connectivity index (χ3n) is 5.33. The summed E-state index contributed by atoms with van der Waals surface area (Å²) in [6.07, 6.45) is 6.47. The van der Waals surface area contributed by atoms with Gasteiger partial charge in [0.25, 0.3) is 11.8 Å². The molecule has 0 bridgehead atoms. The largest absolute Gasteiger partial charge is 0.491 e. The van der Waals surface area contributed by atoms with Gasteiger partial charge in [-0.15, -0.1) is 5.10 Å². The second-order valence-corrected chi connectivity index (χ2v) is 7.89. The van der Waals surface area contributed by atoms with Crippen molar-refractivity contribution in [2.24, 2.45) is 0 Å². The lowest BCUT2D eigenvalue weighted by atomic mass is 10.1. The van der Waals surface area contributed by atoms with Crippen LogP contribution in [0, 0.1) is 0 Å². The smallest absolute Gasteiger partial charge is 0.273 e. The first-order valence-electron chi connectivity index (χ1n) is 11.6. The van der Waals surface area contributed by atoms with E-state index < -0.39 is 0 Å². The fraction of sp³-hybridized carbons (Fsp3) is 0.565. The van der Waals surface area contributed by atoms with E-state index in [4.69, 9.17) is 9.47 Å². The summed E-state index contributed by atoms with van der Waals surface area (Å²) in [6, 6.07) is 5.04. The summed E-state index contributed by atoms with van der Waals surface area (Å²) in [5, 5.41) is 13.7. The molecule has 0 aliphatic carbocycles. The predicted octanol–water partition coefficient (Wildman–Crippen LogP) is 2.83. The van der Waals surface area contributed by atoms with Gasteiger partial charge in [0.15, 0.2) is 5.69 Å². The van der Waals surface area contributed by atoms with Crippen molar-refractivity contribution in [3.8, 4) is 11.4 Å². The summed E-state index contributed by atoms with van der Waals surface area (Å²) >= 11 is 0. The van der Waals surface area contributed by atoms with Crippen LogP contribution < -0.4 is 15.4 Å². The van der Waals surface area contributed by atoms with Crippen LogP contribution in [-0.2, 0) is 4.74 Å². The Hall–Kier alpha value is -3.01. The molecule has 2 amide bonds. The molecular weight excluding hydrogens is 429 g/mol. The van der Waals surface area contributed by atoms with Gasteiger partial charge >= 0.3 is 0 Å². The molecule has 1 aliphatic heterocycles. The first-order valence-corrected chi connectivity index (χ1v) is 11.6. The Morgan fingerprint density at radius 1 is 1.21 bits per heavy atom. The normalized spacial score (nSPS) is 15.4. The van der Waals surface area contributed by atoms with E-state index in [9.17, 15) is 14.0 Å². The minimum atomic E-state index is -0.328. The number of hydrogen-bond donors (Lipinski definition) is 2. The van der Waals surface area contributed by atoms with Crippen molar-refractivity contribution >= 4 is 11.8 Å². The molecule has 33 heavy (non-hydrogen) atoms. The van der Waals surface area contributed by atoms with Crippen LogP contribution in [0.2, 0.25) is 0 Å². The van der Waals surface area contributed by atoms with Crippen molar-refractivity contribution in [3.63, 3.8) is 0 Å². The van der Waals surface area contributed by atoms with Crippen LogP contribution in [0.15, 0.2) is 24.4 Å². The topological polar surface area (TPSA) is 107 Å². The number of aromatic nitrogens is 3. The molecule has 2 aromatic rings. The van der Waals surface area contributed by atoms with E-state index >= 15 is 0 Å². The zero-order valence-electron chi connectivity index (χ0n) is 19.0. The number of ether oxygens (including phenoxy) is 2. The number of benzene rings is 1. The average molecular weight is 462 g/mol. The van der Waals surface area contributed by atoms with Crippen molar-refractivity contribution in [1.29, 1.82) is 0 Å². The molecule has 0 saturated carbocycles. The summed E-state index contributed by atoms with van der Waals surface area (Å²) in [5.41, 5.74) is 1.21. The highest BCUT2D eigenvalue weighted by Gasteiger charge is 2.19. The van der Waals surface area contributed by atoms with E-state index in [0.29, 0.717) is 43.1 Å². The molecule has 0 radical (unpaired) electrons. The Morgan fingerprint density at radius 3 is 2.82 bits per heavy atom. The second kappa shape index (κ2) is 12.9. The highest BCUT2D eigenvalue weighted by molar-refractivity contribution is 5.95. The van der Waals surface area contributed by atoms with E-state index in [1.807, 2.05) is 6.92 Å². The van der Waals surface area contributed by atoms with Gasteiger partial charge in [-0.25, -0.2) is 4.68 Å². The number of unbranched alkanes of at least 4 members (excludes halogenated alkanes) is 3. The maximum atomic E-state index is 12.5. The van der Waals surface area contributed by atoms with Crippen molar-refractivity contribution < 1.29 is 23.5 Å². The number of hydrogen-bond acceptors (Lipinski definition) is 6. The number of halogens is 1. The van der Waals surface area contributed by atoms with E-state index in [0.717, 1.165) is 38.7 Å². The number of nitrogens with zero attached hydrogens (tertiary/aromatic N) is 3. The summed E-state index contributed by atoms with van der Waals surface area (Å²) < 4.78 is 25.2. The van der Waals surface area contributed by atoms with Gasteiger partial charge in [0.1, 0.15) is 11.4 Å². The van der Waals surface area contributed by atoms with E-state index in [1.54, 1.807) is 18.2 Å². The number of amides is 2. The van der Waals surface area contributed by atoms with Gasteiger partial charge in [0.05, 0.1) is 25.6 Å². The lowest BCUT2D eigenvalue weighted by molar-refractivity contribution is 0.0853. The van der Waals surface area contributed by atoms with Crippen LogP contribution in [0.1, 0.15) is 66.3 Å². The zero-order chi connectivity index (χ0) is 23.5. The molecule has 9 nitrogen and oxygen atoms in total. The van der Waals surface area contributed by atoms with Crippen LogP contribution >= 0.6 is 0 Å². The molecule has 1 aromatic heterocycles. The number of rotatable bonds is 13. The Bertz CT molecular complexity index is 914. The highest BCUT2D eigenvalue weighted by atomic mass is 19.1. The van der Waals surface area contributed by atoms with Crippen LogP contribution in [0.4, 0.5) is 4.39 Å². The Morgan fingerprint density at radius 2 is 2.06 bits per heavy atom. The minimum Gasteiger partial charge on any atom is -0.491 e. The van der Waals surface area contributed by atoms with Gasteiger partial charge in [-0.1, -0.05) is 11.6 Å². The molecule has 10 heteroatoms. The minimum absolute atomic E-state index is 0.0377. The van der Waals surface area contributed by atoms with E-state index in [2.05, 4.69) is 20.9 Å². The monoisotopic (exact) mass is 461 g/mol. The first kappa shape index (κ1) is 24.6. The Labute approximate surface area is 193 Å². The molecule has 3 rings (SSSR count). The number of alkyl halides is 1. The zero-order valence-corrected chi connectivity index (χ0v) is 19.0. The summed E-state index contributed by atoms with van der Waals surface area (Å²) in [6.45, 7) is 3.63. The third kappa shape index (κ3) is 7.24. The van der Waals surface area contributed by atoms with Crippen molar-refractivity contribution in [3.05, 3.63) is 35.7 Å². The number of carbonyl (C=O) groups excluding carboxylic acids is 2. The van der Waals surface area contributed by atoms with Gasteiger partial charge in [-0.3, -0.25) is 14.0 Å². The van der Waals surface area contributed by atoms with Gasteiger partial charge in [-0.2, -0.15) is 0 Å². The Balaban J connectivity index is 1.70. The number of carbonyl (C=O) groups is 2. The molecule has 1 atom stereocenters. The maximum absolute atomic E-state index is 12.5. The molecule has 0 spiro atoms. The van der Waals surface area contributed by atoms with Crippen molar-refractivity contribution in [2.45, 2.75) is 51.6 Å². The van der Waals surface area contributed by atoms with Crippen molar-refractivity contribution in [2.75, 3.05) is 33.0 Å². The molecule has 1 fully saturated rings. The van der Waals surface area contributed by atoms with Crippen LogP contribution in [-0.4, -0.2) is 65.9 Å². The van der Waals surface area contributed by atoms with Crippen molar-refractivity contribution in [1.82, 2.24) is 25.6 Å². The molecular formula is C23H32FN5O4. The lowest BCUT2D eigenvalue weighted by Gasteiger charge is -2.13. The highest BCUT2D eigenvalue weighted by Crippen LogP contribution is 2.25. The third-order valence-corrected chi connectivity index (χ3v) is 5.33. The van der Waals surface area contributed by atoms with Gasteiger partial charge in [0.2, 0.25) is 0 Å². The van der Waals surface area contributed by atoms with Crippen LogP contribution in [0.5, 0.6) is 5.75 Å². The molecule has 1 unspecified atom stereocenters. The summed E-state index contributed by atoms with van der Waals surface area (Å²) in [4.78, 5) is 24.7. The summed E-state index contributed by atoms with van der Waals surface area (Å²) in [7, 11) is 0. The molecule has 1 saturated heterocycles. The first-order chi connectivity index (χ1) is 16.1. The SMILES string of the molecule is CCNC(=O)c1ccc(-n2cc(C(=O)NCC3CCCO3)nn2)c(OCCCCCCF)c1. The quantitative estimate of drug-likeness (QED) is 0.444. The molecule has 180 valence electrons. The predicted molar refractivity (Wildman–Crippen MR) is 121 cm³/mol. The van der Waals surface area contributed by atoms with Gasteiger partial charge in [-0.05, 0) is 57.2 Å². The fourth-order valence-corrected chi connectivity index (χ4v) is 3.54. The maximum Gasteiger partial charge on any atom is 0.273 e. The molecule has 1 aromatic carbocycles. The van der Waals surface area contributed by atoms with Crippen LogP contribution in [0.25, 0.3) is 5.69 Å². The average Bonchev–Trinajstić information content (AvgIpc) is 3.52. The lowest BCUT2D eigenvalue weighted by Crippen LogP contribution is -2.31. The second-order valence-electron chi connectivity index (χ2n) is 7.89. The standard InChI is InChI=1S/C23H32FN5O4/c1-2-25-22(30)17-9-10-20(21(14-17)33-12-6-4-3-5-11-24)29-16-19(27-28-29)23(31)26-15-18-8-7-13-32-18/h9-10,14,16,18H,2-8,11-13,15H2,1H3,(H,25,30)(H,26,31). The fourth-order valence-electron chi connectivity index (χ4n) is 3.54. The summed E-state index contributed by atoms with van der Waals surface area (Å²) in [5.74, 6) is -0.0730. The number of nitrogens with one attached hydrogen (secondary N) is 2. The molecule has 1 aliphatic rings. The van der Waals surface area contributed by atoms with Crippen LogP contribution in [0.3, 0.4) is 0 Å². The van der Waals surface area contributed by atoms with E-state index in [1.165, 1.54) is 10.9 Å². The van der Waals surface area contributed by atoms with Gasteiger partial charge in [0, 0.05) is 25.3 Å². The van der Waals surface area contributed by atoms with E-state index in [-0.39, 0.29) is 30.3 Å². The van der Waals surface area contributed by atoms with Gasteiger partial charge < -0.3 is 20.1 Å². The molecule has 2 N–H and O–H groups in total. The molecule has 2 heterocycles. The Kier molecular flexibility index (Phi) is 9.61.